The molecule has 0 spiro atoms. The SMILES string of the molecule is Cc1cc(N(C)S(=O)(=O)c2ccc(N=Nc3c(S(=O)(=O)O)cc4cc(C)c(N=Nc5ccc(CCCOS(=O)(=O)O)cc5)c(N)c4c3O)cc2)ccc1NS(=O)(=O)c1ccc(N=Nc2c(S(=O)(=O)O)cc3cc(C)c(N=Nc4ccc(CCCOS(=O)(=O)O)cc4)c(N)c3c2O)cc1. The van der Waals surface area contributed by atoms with Crippen LogP contribution in [0.2, 0.25) is 0 Å². The normalized spacial score (nSPS) is 12.9. The fourth-order valence-electron chi connectivity index (χ4n) is 9.82. The highest BCUT2D eigenvalue weighted by atomic mass is 32.3. The van der Waals surface area contributed by atoms with Gasteiger partial charge in [-0.1, -0.05) is 24.3 Å². The highest BCUT2D eigenvalue weighted by molar-refractivity contribution is 7.93. The van der Waals surface area contributed by atoms with Crippen molar-refractivity contribution in [1.82, 2.24) is 0 Å². The molecule has 9 aromatic carbocycles. The van der Waals surface area contributed by atoms with Crippen molar-refractivity contribution in [1.29, 1.82) is 0 Å². The van der Waals surface area contributed by atoms with Gasteiger partial charge in [-0.15, -0.1) is 20.5 Å². The van der Waals surface area contributed by atoms with Crippen molar-refractivity contribution in [2.45, 2.75) is 66.0 Å². The van der Waals surface area contributed by atoms with E-state index in [0.717, 1.165) is 39.7 Å². The molecule has 0 bridgehead atoms. The number of benzene rings is 9. The number of phenols is 2. The largest absolute Gasteiger partial charge is 0.505 e. The standard InChI is InChI=1S/C60H58N12O20S6/c1-34-31-45(72(4)94(77,78)47-24-19-44(20-25-47)66-70-58-50(96(82,83)84)33-40-30-36(3)56(54(62)52(40)60(58)74)68-64-42-15-11-38(12-16-42)8-6-28-92-98(88,89)90)21-26-48(34)71-93(75,76)46-22-17-43(18-23-46)65-69-57-49(95(79,80)81)32-39-29-35(2)55(53(61)51(39)59(57)73)67-63-41-13-9-37(10-14-41)7-5-27-91-97(85,86)87/h9-26,29-33,71,73-74H,5-8,27-28,61-62H2,1-4H3,(H,79,80,81)(H,82,83,84)(H,85,86,87)(H,88,89,90). The van der Waals surface area contributed by atoms with Crippen LogP contribution in [0, 0.1) is 20.8 Å². The molecule has 9 rings (SSSR count). The van der Waals surface area contributed by atoms with Gasteiger partial charge in [-0.3, -0.25) is 27.2 Å². The molecule has 38 heteroatoms. The maximum Gasteiger partial charge on any atom is 0.397 e. The second-order valence-corrected chi connectivity index (χ2v) is 30.2. The van der Waals surface area contributed by atoms with Crippen LogP contribution in [0.1, 0.15) is 40.7 Å². The van der Waals surface area contributed by atoms with Crippen LogP contribution < -0.4 is 20.5 Å². The Bertz CT molecular complexity index is 5480. The molecular weight excluding hydrogens is 1400 g/mol. The van der Waals surface area contributed by atoms with E-state index < -0.39 is 93.7 Å². The Morgan fingerprint density at radius 2 is 0.796 bits per heavy atom. The zero-order valence-electron chi connectivity index (χ0n) is 51.5. The molecule has 0 aliphatic heterocycles. The van der Waals surface area contributed by atoms with E-state index in [9.17, 15) is 69.8 Å². The lowest BCUT2D eigenvalue weighted by Crippen LogP contribution is -2.26. The van der Waals surface area contributed by atoms with Crippen molar-refractivity contribution >= 4 is 151 Å². The summed E-state index contributed by atoms with van der Waals surface area (Å²) >= 11 is 0. The van der Waals surface area contributed by atoms with Gasteiger partial charge in [-0.05, 0) is 200 Å². The molecular formula is C60H58N12O20S6. The van der Waals surface area contributed by atoms with Gasteiger partial charge >= 0.3 is 20.8 Å². The molecule has 11 N–H and O–H groups in total. The molecule has 9 aromatic rings. The van der Waals surface area contributed by atoms with Gasteiger partial charge in [0.1, 0.15) is 32.5 Å². The van der Waals surface area contributed by atoms with Gasteiger partial charge in [-0.25, -0.2) is 25.2 Å². The van der Waals surface area contributed by atoms with E-state index in [1.807, 2.05) is 0 Å². The first-order valence-corrected chi connectivity index (χ1v) is 37.0. The minimum absolute atomic E-state index is 0.0375. The number of nitrogens with zero attached hydrogens (tertiary/aromatic N) is 9. The first-order valence-electron chi connectivity index (χ1n) is 28.4. The average molecular weight is 1460 g/mol. The molecule has 0 aliphatic carbocycles. The van der Waals surface area contributed by atoms with E-state index in [0.29, 0.717) is 35.3 Å². The van der Waals surface area contributed by atoms with Crippen LogP contribution in [-0.2, 0) is 82.3 Å². The number of hydrogen-bond acceptors (Lipinski definition) is 26. The number of aromatic hydroxyl groups is 2. The minimum Gasteiger partial charge on any atom is -0.505 e. The third kappa shape index (κ3) is 17.3. The predicted octanol–water partition coefficient (Wildman–Crippen LogP) is 12.8. The number of fused-ring (bicyclic) bond motifs is 2. The number of hydrogen-bond donors (Lipinski definition) is 9. The summed E-state index contributed by atoms with van der Waals surface area (Å²) in [5, 5.41) is 55.9. The van der Waals surface area contributed by atoms with E-state index in [2.05, 4.69) is 54.0 Å². The Morgan fingerprint density at radius 3 is 1.15 bits per heavy atom. The van der Waals surface area contributed by atoms with Gasteiger partial charge in [0.2, 0.25) is 0 Å². The van der Waals surface area contributed by atoms with E-state index >= 15 is 0 Å². The smallest absolute Gasteiger partial charge is 0.397 e. The number of azo groups is 4. The lowest BCUT2D eigenvalue weighted by atomic mass is 10.0. The Kier molecular flexibility index (Phi) is 21.2. The summed E-state index contributed by atoms with van der Waals surface area (Å²) in [6.45, 7) is 4.25. The molecule has 0 amide bonds. The highest BCUT2D eigenvalue weighted by Gasteiger charge is 2.28. The van der Waals surface area contributed by atoms with Crippen LogP contribution in [0.25, 0.3) is 21.5 Å². The van der Waals surface area contributed by atoms with Crippen LogP contribution in [-0.4, -0.2) is 99.2 Å². The summed E-state index contributed by atoms with van der Waals surface area (Å²) in [4.78, 5) is -2.22. The van der Waals surface area contributed by atoms with Crippen molar-refractivity contribution in [3.05, 3.63) is 167 Å². The quantitative estimate of drug-likeness (QED) is 0.0105. The van der Waals surface area contributed by atoms with Crippen LogP contribution in [0.4, 0.5) is 68.2 Å². The van der Waals surface area contributed by atoms with E-state index in [1.165, 1.54) is 80.7 Å². The van der Waals surface area contributed by atoms with Gasteiger partial charge < -0.3 is 21.7 Å². The molecule has 32 nitrogen and oxygen atoms in total. The van der Waals surface area contributed by atoms with Gasteiger partial charge in [0, 0.05) is 7.05 Å². The first-order chi connectivity index (χ1) is 45.9. The van der Waals surface area contributed by atoms with Crippen molar-refractivity contribution in [2.75, 3.05) is 40.8 Å². The number of sulfonamides is 2. The van der Waals surface area contributed by atoms with Gasteiger partial charge in [0.25, 0.3) is 40.3 Å². The fourth-order valence-corrected chi connectivity index (χ4v) is 14.1. The molecule has 98 heavy (non-hydrogen) atoms. The Balaban J connectivity index is 0.869. The molecule has 0 aromatic heterocycles. The Labute approximate surface area is 561 Å². The van der Waals surface area contributed by atoms with Crippen molar-refractivity contribution in [3.8, 4) is 11.5 Å². The van der Waals surface area contributed by atoms with Crippen LogP contribution in [0.5, 0.6) is 11.5 Å². The zero-order valence-corrected chi connectivity index (χ0v) is 56.4. The molecule has 0 radical (unpaired) electrons. The molecule has 0 unspecified atom stereocenters. The Morgan fingerprint density at radius 1 is 0.439 bits per heavy atom. The van der Waals surface area contributed by atoms with Crippen molar-refractivity contribution in [2.24, 2.45) is 40.9 Å². The molecule has 514 valence electrons. The molecule has 0 fully saturated rings. The summed E-state index contributed by atoms with van der Waals surface area (Å²) in [6, 6.07) is 31.8. The van der Waals surface area contributed by atoms with Gasteiger partial charge in [-0.2, -0.15) is 54.1 Å². The topological polar surface area (TPSA) is 511 Å². The molecule has 0 atom stereocenters. The lowest BCUT2D eigenvalue weighted by molar-refractivity contribution is 0.263. The van der Waals surface area contributed by atoms with E-state index in [4.69, 9.17) is 20.6 Å². The number of rotatable bonds is 26. The number of nitrogens with one attached hydrogen (secondary N) is 1. The summed E-state index contributed by atoms with van der Waals surface area (Å²) in [7, 11) is -26.7. The maximum atomic E-state index is 14.0. The predicted molar refractivity (Wildman–Crippen MR) is 361 cm³/mol. The maximum absolute atomic E-state index is 14.0. The average Bonchev–Trinajstić information content (AvgIpc) is 0.757. The number of aryl methyl sites for hydroxylation is 5. The second-order valence-electron chi connectivity index (χ2n) is 21.6. The van der Waals surface area contributed by atoms with Crippen molar-refractivity contribution < 1.29 is 87.3 Å². The second kappa shape index (κ2) is 28.7. The summed E-state index contributed by atoms with van der Waals surface area (Å²) < 4.78 is 199. The molecule has 0 aliphatic rings. The highest BCUT2D eigenvalue weighted by Crippen LogP contribution is 2.49. The third-order valence-electron chi connectivity index (χ3n) is 14.7. The summed E-state index contributed by atoms with van der Waals surface area (Å²) in [5.74, 6) is -1.61. The summed E-state index contributed by atoms with van der Waals surface area (Å²) in [5.41, 5.74) is 15.0. The minimum atomic E-state index is -5.08. The fraction of sp³-hybridized carbons (Fsp3) is 0.167. The number of anilines is 4. The third-order valence-corrected chi connectivity index (χ3v) is 20.6. The number of nitrogens with two attached hydrogens (primary N) is 2. The van der Waals surface area contributed by atoms with Gasteiger partial charge in [0.15, 0.2) is 11.5 Å². The monoisotopic (exact) mass is 1460 g/mol. The first kappa shape index (κ1) is 72.4. The van der Waals surface area contributed by atoms with Crippen molar-refractivity contribution in [3.63, 3.8) is 0 Å². The summed E-state index contributed by atoms with van der Waals surface area (Å²) in [6.07, 6.45) is 1.40. The molecule has 0 heterocycles. The van der Waals surface area contributed by atoms with E-state index in [-0.39, 0.29) is 108 Å². The Hall–Kier alpha value is -9.84. The zero-order chi connectivity index (χ0) is 71.5. The molecule has 0 saturated heterocycles. The van der Waals surface area contributed by atoms with E-state index in [1.54, 1.807) is 62.4 Å². The number of nitrogen functional groups attached to an aromatic ring is 2. The lowest BCUT2D eigenvalue weighted by Gasteiger charge is -2.21. The van der Waals surface area contributed by atoms with Crippen LogP contribution in [0.15, 0.2) is 200 Å². The molecule has 0 saturated carbocycles. The van der Waals surface area contributed by atoms with Gasteiger partial charge in [0.05, 0.1) is 79.3 Å². The van der Waals surface area contributed by atoms with Crippen LogP contribution in [0.3, 0.4) is 0 Å². The van der Waals surface area contributed by atoms with Crippen LogP contribution >= 0.6 is 0 Å². The number of phenolic OH excluding ortho intramolecular Hbond substituents is 2.